The quantitative estimate of drug-likeness (QED) is 0.309. The molecule has 0 aliphatic carbocycles. The standard InChI is InChI=1S/C27H25BrN2O6S/c1-5-34-21-14-18(10-11-20(21)36-16(4)31)24-23(26(33)35-6-2)15(3)29-27-30(24)25(32)22(37-27)13-17-8-7-9-19(28)12-17/h7-14,24H,5-6H2,1-4H3. The minimum atomic E-state index is -0.814. The van der Waals surface area contributed by atoms with Crippen molar-refractivity contribution in [1.29, 1.82) is 0 Å². The van der Waals surface area contributed by atoms with E-state index in [-0.39, 0.29) is 23.5 Å². The molecule has 0 spiro atoms. The molecular weight excluding hydrogens is 560 g/mol. The molecule has 8 nitrogen and oxygen atoms in total. The van der Waals surface area contributed by atoms with Gasteiger partial charge in [0.1, 0.15) is 0 Å². The first-order chi connectivity index (χ1) is 17.7. The van der Waals surface area contributed by atoms with Crippen LogP contribution in [0, 0.1) is 0 Å². The van der Waals surface area contributed by atoms with Crippen LogP contribution in [0.15, 0.2) is 68.0 Å². The molecule has 1 aliphatic heterocycles. The van der Waals surface area contributed by atoms with Crippen molar-refractivity contribution in [2.75, 3.05) is 13.2 Å². The van der Waals surface area contributed by atoms with Gasteiger partial charge in [-0.05, 0) is 62.2 Å². The fourth-order valence-corrected chi connectivity index (χ4v) is 5.52. The minimum absolute atomic E-state index is 0.172. The minimum Gasteiger partial charge on any atom is -0.490 e. The van der Waals surface area contributed by atoms with Gasteiger partial charge in [-0.25, -0.2) is 9.79 Å². The monoisotopic (exact) mass is 584 g/mol. The maximum atomic E-state index is 13.7. The van der Waals surface area contributed by atoms with Gasteiger partial charge in [-0.1, -0.05) is 45.5 Å². The summed E-state index contributed by atoms with van der Waals surface area (Å²) in [5, 5.41) is 0. The molecule has 4 rings (SSSR count). The molecule has 37 heavy (non-hydrogen) atoms. The molecule has 0 amide bonds. The lowest BCUT2D eigenvalue weighted by molar-refractivity contribution is -0.139. The van der Waals surface area contributed by atoms with Crippen molar-refractivity contribution in [1.82, 2.24) is 4.57 Å². The van der Waals surface area contributed by atoms with E-state index in [4.69, 9.17) is 14.2 Å². The molecule has 1 atom stereocenters. The molecule has 0 radical (unpaired) electrons. The zero-order valence-electron chi connectivity index (χ0n) is 20.7. The van der Waals surface area contributed by atoms with Crippen molar-refractivity contribution in [3.63, 3.8) is 0 Å². The third-order valence-electron chi connectivity index (χ3n) is 5.50. The number of esters is 2. The number of benzene rings is 2. The van der Waals surface area contributed by atoms with E-state index >= 15 is 0 Å². The van der Waals surface area contributed by atoms with Gasteiger partial charge in [-0.3, -0.25) is 14.2 Å². The van der Waals surface area contributed by atoms with E-state index in [1.54, 1.807) is 38.1 Å². The van der Waals surface area contributed by atoms with Crippen molar-refractivity contribution in [2.24, 2.45) is 4.99 Å². The summed E-state index contributed by atoms with van der Waals surface area (Å²) < 4.78 is 19.2. The van der Waals surface area contributed by atoms with Crippen LogP contribution >= 0.6 is 27.3 Å². The number of hydrogen-bond acceptors (Lipinski definition) is 8. The van der Waals surface area contributed by atoms with E-state index < -0.39 is 18.0 Å². The first-order valence-corrected chi connectivity index (χ1v) is 13.2. The van der Waals surface area contributed by atoms with Gasteiger partial charge in [0.05, 0.1) is 35.1 Å². The Balaban J connectivity index is 1.95. The SMILES string of the molecule is CCOC(=O)C1=C(C)N=c2sc(=Cc3cccc(Br)c3)c(=O)n2C1c1ccc(OC(C)=O)c(OCC)c1. The van der Waals surface area contributed by atoms with Crippen LogP contribution in [0.2, 0.25) is 0 Å². The average Bonchev–Trinajstić information content (AvgIpc) is 3.13. The highest BCUT2D eigenvalue weighted by atomic mass is 79.9. The number of ether oxygens (including phenoxy) is 3. The summed E-state index contributed by atoms with van der Waals surface area (Å²) in [5.41, 5.74) is 1.87. The molecule has 192 valence electrons. The molecule has 1 aromatic heterocycles. The summed E-state index contributed by atoms with van der Waals surface area (Å²) >= 11 is 4.70. The highest BCUT2D eigenvalue weighted by molar-refractivity contribution is 9.10. The Hall–Kier alpha value is -3.50. The first-order valence-electron chi connectivity index (χ1n) is 11.6. The Morgan fingerprint density at radius 3 is 2.59 bits per heavy atom. The Bertz CT molecular complexity index is 1590. The number of rotatable bonds is 7. The van der Waals surface area contributed by atoms with Gasteiger partial charge in [-0.2, -0.15) is 0 Å². The van der Waals surface area contributed by atoms with Gasteiger partial charge < -0.3 is 14.2 Å². The smallest absolute Gasteiger partial charge is 0.338 e. The van der Waals surface area contributed by atoms with E-state index in [1.807, 2.05) is 31.2 Å². The molecule has 0 N–H and O–H groups in total. The number of carbonyl (C=O) groups is 2. The van der Waals surface area contributed by atoms with Gasteiger partial charge in [-0.15, -0.1) is 0 Å². The molecule has 1 unspecified atom stereocenters. The molecule has 10 heteroatoms. The Labute approximate surface area is 225 Å². The van der Waals surface area contributed by atoms with Crippen LogP contribution in [0.5, 0.6) is 11.5 Å². The largest absolute Gasteiger partial charge is 0.490 e. The highest BCUT2D eigenvalue weighted by Gasteiger charge is 2.34. The van der Waals surface area contributed by atoms with Crippen LogP contribution in [-0.2, 0) is 14.3 Å². The third-order valence-corrected chi connectivity index (χ3v) is 6.98. The fraction of sp³-hybridized carbons (Fsp3) is 0.259. The molecule has 0 bridgehead atoms. The van der Waals surface area contributed by atoms with Gasteiger partial charge in [0.25, 0.3) is 5.56 Å². The number of halogens is 1. The zero-order chi connectivity index (χ0) is 26.7. The van der Waals surface area contributed by atoms with Gasteiger partial charge >= 0.3 is 11.9 Å². The predicted molar refractivity (Wildman–Crippen MR) is 143 cm³/mol. The summed E-state index contributed by atoms with van der Waals surface area (Å²) in [4.78, 5) is 43.5. The third kappa shape index (κ3) is 5.60. The summed E-state index contributed by atoms with van der Waals surface area (Å²) in [6, 6.07) is 11.8. The number of thiazole rings is 1. The number of hydrogen-bond donors (Lipinski definition) is 0. The summed E-state index contributed by atoms with van der Waals surface area (Å²) in [6.45, 7) is 7.05. The van der Waals surface area contributed by atoms with E-state index in [0.29, 0.717) is 33.0 Å². The van der Waals surface area contributed by atoms with Crippen molar-refractivity contribution < 1.29 is 23.8 Å². The second kappa shape index (κ2) is 11.3. The summed E-state index contributed by atoms with van der Waals surface area (Å²) in [7, 11) is 0. The average molecular weight is 585 g/mol. The van der Waals surface area contributed by atoms with Crippen LogP contribution in [-0.4, -0.2) is 29.7 Å². The maximum Gasteiger partial charge on any atom is 0.338 e. The zero-order valence-corrected chi connectivity index (χ0v) is 23.1. The number of aromatic nitrogens is 1. The van der Waals surface area contributed by atoms with Crippen LogP contribution in [0.1, 0.15) is 44.9 Å². The number of nitrogens with zero attached hydrogens (tertiary/aromatic N) is 2. The van der Waals surface area contributed by atoms with Crippen molar-refractivity contribution in [2.45, 2.75) is 33.7 Å². The summed E-state index contributed by atoms with van der Waals surface area (Å²) in [5.74, 6) is -0.475. The lowest BCUT2D eigenvalue weighted by Gasteiger charge is -2.25. The van der Waals surface area contributed by atoms with Crippen LogP contribution < -0.4 is 24.4 Å². The van der Waals surface area contributed by atoms with Gasteiger partial charge in [0.15, 0.2) is 16.3 Å². The Morgan fingerprint density at radius 2 is 1.92 bits per heavy atom. The molecule has 1 aliphatic rings. The first kappa shape index (κ1) is 26.6. The lowest BCUT2D eigenvalue weighted by Crippen LogP contribution is -2.40. The molecular formula is C27H25BrN2O6S. The molecule has 0 fully saturated rings. The fourth-order valence-electron chi connectivity index (χ4n) is 4.06. The summed E-state index contributed by atoms with van der Waals surface area (Å²) in [6.07, 6.45) is 1.80. The van der Waals surface area contributed by atoms with Crippen LogP contribution in [0.4, 0.5) is 0 Å². The van der Waals surface area contributed by atoms with Gasteiger partial charge in [0.2, 0.25) is 0 Å². The number of allylic oxidation sites excluding steroid dienone is 1. The molecule has 2 aromatic carbocycles. The number of carbonyl (C=O) groups excluding carboxylic acids is 2. The Kier molecular flexibility index (Phi) is 8.09. The van der Waals surface area contributed by atoms with Crippen molar-refractivity contribution in [3.8, 4) is 11.5 Å². The maximum absolute atomic E-state index is 13.7. The second-order valence-electron chi connectivity index (χ2n) is 8.09. The second-order valence-corrected chi connectivity index (χ2v) is 10.0. The Morgan fingerprint density at radius 1 is 1.14 bits per heavy atom. The topological polar surface area (TPSA) is 96.2 Å². The van der Waals surface area contributed by atoms with Crippen LogP contribution in [0.3, 0.4) is 0 Å². The molecule has 2 heterocycles. The molecule has 0 saturated heterocycles. The van der Waals surface area contributed by atoms with Crippen molar-refractivity contribution in [3.05, 3.63) is 89.0 Å². The number of fused-ring (bicyclic) bond motifs is 1. The van der Waals surface area contributed by atoms with Gasteiger partial charge in [0, 0.05) is 11.4 Å². The predicted octanol–water partition coefficient (Wildman–Crippen LogP) is 3.88. The lowest BCUT2D eigenvalue weighted by atomic mass is 9.95. The van der Waals surface area contributed by atoms with E-state index in [0.717, 1.165) is 10.0 Å². The van der Waals surface area contributed by atoms with E-state index in [9.17, 15) is 14.4 Å². The normalized spacial score (nSPS) is 15.2. The van der Waals surface area contributed by atoms with E-state index in [1.165, 1.54) is 22.8 Å². The highest BCUT2D eigenvalue weighted by Crippen LogP contribution is 2.36. The van der Waals surface area contributed by atoms with Crippen LogP contribution in [0.25, 0.3) is 6.08 Å². The van der Waals surface area contributed by atoms with E-state index in [2.05, 4.69) is 20.9 Å². The molecule has 3 aromatic rings. The van der Waals surface area contributed by atoms with Crippen molar-refractivity contribution >= 4 is 45.3 Å². The molecule has 0 saturated carbocycles.